The number of non-ortho nitro benzene ring substituents is 1. The lowest BCUT2D eigenvalue weighted by molar-refractivity contribution is -0.393. The van der Waals surface area contributed by atoms with E-state index in [9.17, 15) is 20.2 Å². The number of nitrogens with zero attached hydrogens (tertiary/aromatic N) is 2. The molecule has 7 nitrogen and oxygen atoms in total. The van der Waals surface area contributed by atoms with Crippen molar-refractivity contribution in [1.82, 2.24) is 0 Å². The van der Waals surface area contributed by atoms with Gasteiger partial charge in [-0.2, -0.15) is 0 Å². The molecule has 0 atom stereocenters. The molecule has 2 rings (SSSR count). The minimum Gasteiger partial charge on any atom is -0.377 e. The maximum Gasteiger partial charge on any atom is 0.299 e. The van der Waals surface area contributed by atoms with Crippen molar-refractivity contribution in [3.05, 3.63) is 38.4 Å². The maximum absolute atomic E-state index is 11.2. The van der Waals surface area contributed by atoms with Gasteiger partial charge in [-0.25, -0.2) is 0 Å². The van der Waals surface area contributed by atoms with E-state index in [1.165, 1.54) is 12.1 Å². The number of hydrogen-bond donors (Lipinski definition) is 1. The quantitative estimate of drug-likeness (QED) is 0.649. The summed E-state index contributed by atoms with van der Waals surface area (Å²) in [5, 5.41) is 25.1. The minimum atomic E-state index is -0.620. The van der Waals surface area contributed by atoms with Crippen LogP contribution in [0.25, 0.3) is 0 Å². The molecule has 0 aromatic heterocycles. The van der Waals surface area contributed by atoms with Gasteiger partial charge in [0, 0.05) is 12.1 Å². The molecule has 0 radical (unpaired) electrons. The Bertz CT molecular complexity index is 602. The van der Waals surface area contributed by atoms with E-state index < -0.39 is 9.85 Å². The molecule has 1 aliphatic rings. The second kappa shape index (κ2) is 6.52. The molecule has 0 unspecified atom stereocenters. The standard InChI is InChI=1S/C16H23N3O4/c1-16(2,3)11-4-6-12(7-5-11)17-14-9-8-13(18(20)21)10-15(14)19(22)23/h8-12,17H,4-7H2,1-3H3. The van der Waals surface area contributed by atoms with Crippen LogP contribution in [0.15, 0.2) is 18.2 Å². The summed E-state index contributed by atoms with van der Waals surface area (Å²) in [6, 6.07) is 3.93. The van der Waals surface area contributed by atoms with Gasteiger partial charge in [0.05, 0.1) is 15.9 Å². The molecular weight excluding hydrogens is 298 g/mol. The summed E-state index contributed by atoms with van der Waals surface area (Å²) < 4.78 is 0. The predicted octanol–water partition coefficient (Wildman–Crippen LogP) is 4.52. The molecule has 0 heterocycles. The average Bonchev–Trinajstić information content (AvgIpc) is 2.46. The molecule has 1 aromatic carbocycles. The van der Waals surface area contributed by atoms with Crippen LogP contribution in [0.3, 0.4) is 0 Å². The SMILES string of the molecule is CC(C)(C)C1CCC(Nc2ccc([N+](=O)[O-])cc2[N+](=O)[O-])CC1. The van der Waals surface area contributed by atoms with Crippen LogP contribution in [0.5, 0.6) is 0 Å². The number of nitro groups is 2. The van der Waals surface area contributed by atoms with Crippen molar-refractivity contribution in [3.63, 3.8) is 0 Å². The number of nitrogens with one attached hydrogen (secondary N) is 1. The Kier molecular flexibility index (Phi) is 4.87. The topological polar surface area (TPSA) is 98.3 Å². The fourth-order valence-corrected chi connectivity index (χ4v) is 3.23. The first-order valence-electron chi connectivity index (χ1n) is 7.88. The molecule has 1 aromatic rings. The Morgan fingerprint density at radius 3 is 2.13 bits per heavy atom. The third-order valence-corrected chi connectivity index (χ3v) is 4.70. The van der Waals surface area contributed by atoms with E-state index in [1.54, 1.807) is 0 Å². The van der Waals surface area contributed by atoms with E-state index in [2.05, 4.69) is 26.1 Å². The Morgan fingerprint density at radius 2 is 1.65 bits per heavy atom. The molecule has 0 amide bonds. The highest BCUT2D eigenvalue weighted by Gasteiger charge is 2.30. The minimum absolute atomic E-state index is 0.175. The monoisotopic (exact) mass is 321 g/mol. The zero-order valence-corrected chi connectivity index (χ0v) is 13.7. The summed E-state index contributed by atoms with van der Waals surface area (Å²) in [5.74, 6) is 0.660. The van der Waals surface area contributed by atoms with Gasteiger partial charge in [-0.15, -0.1) is 0 Å². The van der Waals surface area contributed by atoms with E-state index in [-0.39, 0.29) is 22.8 Å². The van der Waals surface area contributed by atoms with Crippen LogP contribution in [-0.2, 0) is 0 Å². The van der Waals surface area contributed by atoms with Crippen molar-refractivity contribution in [2.75, 3.05) is 5.32 Å². The fourth-order valence-electron chi connectivity index (χ4n) is 3.23. The Labute approximate surface area is 135 Å². The molecule has 1 aliphatic carbocycles. The van der Waals surface area contributed by atoms with Gasteiger partial charge in [-0.05, 0) is 43.1 Å². The van der Waals surface area contributed by atoms with Crippen molar-refractivity contribution in [1.29, 1.82) is 0 Å². The van der Waals surface area contributed by atoms with Gasteiger partial charge in [-0.1, -0.05) is 20.8 Å². The summed E-state index contributed by atoms with van der Waals surface area (Å²) >= 11 is 0. The van der Waals surface area contributed by atoms with Crippen LogP contribution < -0.4 is 5.32 Å². The van der Waals surface area contributed by atoms with Crippen LogP contribution in [-0.4, -0.2) is 15.9 Å². The van der Waals surface area contributed by atoms with Gasteiger partial charge in [0.2, 0.25) is 0 Å². The van der Waals surface area contributed by atoms with Crippen LogP contribution in [0.2, 0.25) is 0 Å². The van der Waals surface area contributed by atoms with E-state index in [0.29, 0.717) is 11.6 Å². The first kappa shape index (κ1) is 17.2. The summed E-state index contributed by atoms with van der Waals surface area (Å²) in [5.41, 5.74) is 0.139. The third kappa shape index (κ3) is 4.18. The largest absolute Gasteiger partial charge is 0.377 e. The smallest absolute Gasteiger partial charge is 0.299 e. The molecule has 7 heteroatoms. The molecule has 1 saturated carbocycles. The molecular formula is C16H23N3O4. The fraction of sp³-hybridized carbons (Fsp3) is 0.625. The van der Waals surface area contributed by atoms with Crippen LogP contribution in [0.4, 0.5) is 17.1 Å². The second-order valence-electron chi connectivity index (χ2n) is 7.27. The number of hydrogen-bond acceptors (Lipinski definition) is 5. The molecule has 0 saturated heterocycles. The summed E-state index contributed by atoms with van der Waals surface area (Å²) in [6.45, 7) is 6.73. The van der Waals surface area contributed by atoms with Gasteiger partial charge in [0.25, 0.3) is 11.4 Å². The lowest BCUT2D eigenvalue weighted by Gasteiger charge is -2.37. The van der Waals surface area contributed by atoms with Crippen LogP contribution in [0, 0.1) is 31.6 Å². The van der Waals surface area contributed by atoms with E-state index in [4.69, 9.17) is 0 Å². The maximum atomic E-state index is 11.2. The van der Waals surface area contributed by atoms with Crippen molar-refractivity contribution in [2.24, 2.45) is 11.3 Å². The van der Waals surface area contributed by atoms with Gasteiger partial charge < -0.3 is 5.32 Å². The molecule has 0 spiro atoms. The first-order chi connectivity index (χ1) is 10.7. The normalized spacial score (nSPS) is 21.7. The molecule has 126 valence electrons. The summed E-state index contributed by atoms with van der Waals surface area (Å²) in [4.78, 5) is 20.7. The summed E-state index contributed by atoms with van der Waals surface area (Å²) in [7, 11) is 0. The van der Waals surface area contributed by atoms with Gasteiger partial charge in [0.15, 0.2) is 0 Å². The Hall–Kier alpha value is -2.18. The lowest BCUT2D eigenvalue weighted by atomic mass is 9.71. The average molecular weight is 321 g/mol. The highest BCUT2D eigenvalue weighted by atomic mass is 16.6. The van der Waals surface area contributed by atoms with Gasteiger partial charge in [-0.3, -0.25) is 20.2 Å². The number of nitro benzene ring substituents is 2. The van der Waals surface area contributed by atoms with Crippen LogP contribution >= 0.6 is 0 Å². The lowest BCUT2D eigenvalue weighted by Crippen LogP contribution is -2.31. The van der Waals surface area contributed by atoms with E-state index in [0.717, 1.165) is 31.7 Å². The van der Waals surface area contributed by atoms with Crippen molar-refractivity contribution in [2.45, 2.75) is 52.5 Å². The van der Waals surface area contributed by atoms with Crippen molar-refractivity contribution < 1.29 is 9.85 Å². The Morgan fingerprint density at radius 1 is 1.04 bits per heavy atom. The van der Waals surface area contributed by atoms with Crippen LogP contribution in [0.1, 0.15) is 46.5 Å². The Balaban J connectivity index is 2.09. The number of benzene rings is 1. The molecule has 1 N–H and O–H groups in total. The zero-order valence-electron chi connectivity index (χ0n) is 13.7. The summed E-state index contributed by atoms with van der Waals surface area (Å²) in [6.07, 6.45) is 4.08. The first-order valence-corrected chi connectivity index (χ1v) is 7.88. The van der Waals surface area contributed by atoms with Gasteiger partial charge in [0.1, 0.15) is 5.69 Å². The molecule has 1 fully saturated rings. The van der Waals surface area contributed by atoms with E-state index in [1.807, 2.05) is 0 Å². The molecule has 0 aliphatic heterocycles. The highest BCUT2D eigenvalue weighted by Crippen LogP contribution is 2.39. The van der Waals surface area contributed by atoms with Crippen molar-refractivity contribution >= 4 is 17.1 Å². The zero-order chi connectivity index (χ0) is 17.2. The second-order valence-corrected chi connectivity index (χ2v) is 7.27. The van der Waals surface area contributed by atoms with E-state index >= 15 is 0 Å². The number of rotatable bonds is 4. The van der Waals surface area contributed by atoms with Crippen molar-refractivity contribution in [3.8, 4) is 0 Å². The number of anilines is 1. The van der Waals surface area contributed by atoms with Gasteiger partial charge >= 0.3 is 0 Å². The molecule has 23 heavy (non-hydrogen) atoms. The predicted molar refractivity (Wildman–Crippen MR) is 88.6 cm³/mol. The highest BCUT2D eigenvalue weighted by molar-refractivity contribution is 5.65. The third-order valence-electron chi connectivity index (χ3n) is 4.70. The molecule has 0 bridgehead atoms.